The van der Waals surface area contributed by atoms with Crippen molar-refractivity contribution < 1.29 is 27.5 Å². The average molecular weight is 329 g/mol. The number of methoxy groups -OCH3 is 2. The Bertz CT molecular complexity index is 655. The maximum Gasteiger partial charge on any atom is 0.309 e. The molecule has 8 heteroatoms. The summed E-state index contributed by atoms with van der Waals surface area (Å²) in [7, 11) is -1.49. The molecule has 1 aromatic carbocycles. The van der Waals surface area contributed by atoms with Crippen LogP contribution in [0.1, 0.15) is 24.2 Å². The van der Waals surface area contributed by atoms with Crippen molar-refractivity contribution in [1.29, 1.82) is 0 Å². The molecule has 1 aromatic rings. The van der Waals surface area contributed by atoms with Gasteiger partial charge in [-0.1, -0.05) is 19.1 Å². The highest BCUT2D eigenvalue weighted by Crippen LogP contribution is 2.19. The molecular weight excluding hydrogens is 310 g/mol. The van der Waals surface area contributed by atoms with Gasteiger partial charge in [0.2, 0.25) is 10.0 Å². The number of ether oxygens (including phenoxy) is 2. The van der Waals surface area contributed by atoms with Crippen LogP contribution in [0.25, 0.3) is 0 Å². The zero-order valence-corrected chi connectivity index (χ0v) is 13.6. The molecule has 0 radical (unpaired) electrons. The number of hydrogen-bond donors (Lipinski definition) is 1. The van der Waals surface area contributed by atoms with Crippen LogP contribution in [0.3, 0.4) is 0 Å². The molecule has 0 saturated heterocycles. The first-order chi connectivity index (χ1) is 10.2. The zero-order valence-electron chi connectivity index (χ0n) is 12.8. The molecule has 1 N–H and O–H groups in total. The summed E-state index contributed by atoms with van der Waals surface area (Å²) in [5, 5.41) is -1.13. The fourth-order valence-corrected chi connectivity index (χ4v) is 2.96. The van der Waals surface area contributed by atoms with E-state index in [9.17, 15) is 18.0 Å². The fraction of sp³-hybridized carbons (Fsp3) is 0.429. The predicted octanol–water partition coefficient (Wildman–Crippen LogP) is 0.952. The van der Waals surface area contributed by atoms with Gasteiger partial charge in [-0.2, -0.15) is 0 Å². The molecule has 0 aliphatic carbocycles. The zero-order chi connectivity index (χ0) is 16.9. The lowest BCUT2D eigenvalue weighted by atomic mass is 10.1. The second-order valence-corrected chi connectivity index (χ2v) is 6.73. The van der Waals surface area contributed by atoms with E-state index in [0.717, 1.165) is 0 Å². The Kier molecular flexibility index (Phi) is 5.92. The normalized spacial score (nSPS) is 13.8. The van der Waals surface area contributed by atoms with Crippen molar-refractivity contribution in [2.24, 2.45) is 5.92 Å². The summed E-state index contributed by atoms with van der Waals surface area (Å²) < 4.78 is 35.9. The van der Waals surface area contributed by atoms with Crippen LogP contribution in [0.4, 0.5) is 0 Å². The maximum absolute atomic E-state index is 12.2. The third kappa shape index (κ3) is 3.97. The molecule has 1 rings (SSSR count). The van der Waals surface area contributed by atoms with E-state index in [1.807, 2.05) is 4.72 Å². The molecule has 7 nitrogen and oxygen atoms in total. The second kappa shape index (κ2) is 7.26. The fourth-order valence-electron chi connectivity index (χ4n) is 1.76. The van der Waals surface area contributed by atoms with Gasteiger partial charge in [0.15, 0.2) is 0 Å². The Labute approximate surface area is 129 Å². The molecule has 1 amide bonds. The molecule has 0 heterocycles. The Morgan fingerprint density at radius 3 is 2.27 bits per heavy atom. The summed E-state index contributed by atoms with van der Waals surface area (Å²) in [6.45, 7) is 2.75. The lowest BCUT2D eigenvalue weighted by Crippen LogP contribution is -2.42. The minimum Gasteiger partial charge on any atom is -0.496 e. The first-order valence-corrected chi connectivity index (χ1v) is 8.06. The van der Waals surface area contributed by atoms with Crippen molar-refractivity contribution in [2.75, 3.05) is 14.2 Å². The predicted molar refractivity (Wildman–Crippen MR) is 80.0 cm³/mol. The topological polar surface area (TPSA) is 98.8 Å². The second-order valence-electron chi connectivity index (χ2n) is 4.69. The molecule has 0 fully saturated rings. The summed E-state index contributed by atoms with van der Waals surface area (Å²) >= 11 is 0. The highest BCUT2D eigenvalue weighted by atomic mass is 32.2. The summed E-state index contributed by atoms with van der Waals surface area (Å²) in [6.07, 6.45) is 0. The molecule has 0 aliphatic rings. The van der Waals surface area contributed by atoms with Gasteiger partial charge in [-0.15, -0.1) is 0 Å². The van der Waals surface area contributed by atoms with Gasteiger partial charge >= 0.3 is 5.97 Å². The van der Waals surface area contributed by atoms with Gasteiger partial charge < -0.3 is 9.47 Å². The molecular formula is C14H19NO6S. The highest BCUT2D eigenvalue weighted by molar-refractivity contribution is 7.90. The molecule has 0 aromatic heterocycles. The van der Waals surface area contributed by atoms with E-state index in [1.54, 1.807) is 18.2 Å². The molecule has 0 unspecified atom stereocenters. The van der Waals surface area contributed by atoms with Gasteiger partial charge in [0.05, 0.1) is 31.0 Å². The van der Waals surface area contributed by atoms with E-state index < -0.39 is 33.1 Å². The monoisotopic (exact) mass is 329 g/mol. The van der Waals surface area contributed by atoms with Crippen LogP contribution in [-0.4, -0.2) is 39.8 Å². The number of hydrogen-bond acceptors (Lipinski definition) is 6. The molecule has 122 valence electrons. The average Bonchev–Trinajstić information content (AvgIpc) is 2.51. The largest absolute Gasteiger partial charge is 0.496 e. The maximum atomic E-state index is 12.2. The minimum atomic E-state index is -4.04. The van der Waals surface area contributed by atoms with Gasteiger partial charge in [0.1, 0.15) is 5.75 Å². The van der Waals surface area contributed by atoms with Gasteiger partial charge in [-0.05, 0) is 19.1 Å². The molecule has 2 atom stereocenters. The Morgan fingerprint density at radius 1 is 1.14 bits per heavy atom. The van der Waals surface area contributed by atoms with Crippen LogP contribution in [0.5, 0.6) is 5.75 Å². The Morgan fingerprint density at radius 2 is 1.73 bits per heavy atom. The number of sulfonamides is 1. The van der Waals surface area contributed by atoms with Crippen molar-refractivity contribution in [3.63, 3.8) is 0 Å². The smallest absolute Gasteiger partial charge is 0.309 e. The number of esters is 1. The number of benzene rings is 1. The van der Waals surface area contributed by atoms with E-state index in [4.69, 9.17) is 4.74 Å². The molecule has 0 saturated carbocycles. The van der Waals surface area contributed by atoms with Crippen molar-refractivity contribution in [3.8, 4) is 5.75 Å². The van der Waals surface area contributed by atoms with Crippen molar-refractivity contribution in [1.82, 2.24) is 4.72 Å². The third-order valence-electron chi connectivity index (χ3n) is 3.35. The van der Waals surface area contributed by atoms with Crippen LogP contribution < -0.4 is 9.46 Å². The van der Waals surface area contributed by atoms with E-state index in [2.05, 4.69) is 4.74 Å². The molecule has 22 heavy (non-hydrogen) atoms. The van der Waals surface area contributed by atoms with Gasteiger partial charge in [0, 0.05) is 0 Å². The van der Waals surface area contributed by atoms with Crippen molar-refractivity contribution in [3.05, 3.63) is 29.8 Å². The highest BCUT2D eigenvalue weighted by Gasteiger charge is 2.33. The first-order valence-electron chi connectivity index (χ1n) is 6.51. The number of rotatable bonds is 6. The lowest BCUT2D eigenvalue weighted by molar-refractivity contribution is -0.144. The van der Waals surface area contributed by atoms with Crippen LogP contribution in [0.15, 0.2) is 24.3 Å². The van der Waals surface area contributed by atoms with E-state index >= 15 is 0 Å². The van der Waals surface area contributed by atoms with Crippen LogP contribution in [-0.2, 0) is 19.6 Å². The number of nitrogens with one attached hydrogen (secondary N) is 1. The standard InChI is InChI=1S/C14H19NO6S/c1-9(14(17)21-4)10(2)22(18,19)15-13(16)11-7-5-6-8-12(11)20-3/h5-10H,1-4H3,(H,15,16)/t9-,10-/m0/s1. The lowest BCUT2D eigenvalue weighted by Gasteiger charge is -2.19. The first kappa shape index (κ1) is 18.0. The number of para-hydroxylation sites is 1. The summed E-state index contributed by atoms with van der Waals surface area (Å²) in [4.78, 5) is 23.6. The minimum absolute atomic E-state index is 0.0893. The summed E-state index contributed by atoms with van der Waals surface area (Å²) in [6, 6.07) is 6.23. The number of carbonyl (C=O) groups excluding carboxylic acids is 2. The number of amides is 1. The molecule has 0 aliphatic heterocycles. The Hall–Kier alpha value is -2.09. The van der Waals surface area contributed by atoms with E-state index in [-0.39, 0.29) is 11.3 Å². The van der Waals surface area contributed by atoms with Gasteiger partial charge in [-0.25, -0.2) is 13.1 Å². The third-order valence-corrected chi connectivity index (χ3v) is 5.21. The van der Waals surface area contributed by atoms with Gasteiger partial charge in [-0.3, -0.25) is 9.59 Å². The van der Waals surface area contributed by atoms with E-state index in [0.29, 0.717) is 0 Å². The van der Waals surface area contributed by atoms with Crippen LogP contribution >= 0.6 is 0 Å². The van der Waals surface area contributed by atoms with E-state index in [1.165, 1.54) is 34.1 Å². The van der Waals surface area contributed by atoms with Crippen molar-refractivity contribution in [2.45, 2.75) is 19.1 Å². The van der Waals surface area contributed by atoms with Crippen LogP contribution in [0, 0.1) is 5.92 Å². The molecule has 0 spiro atoms. The molecule has 0 bridgehead atoms. The van der Waals surface area contributed by atoms with Gasteiger partial charge in [0.25, 0.3) is 5.91 Å². The number of carbonyl (C=O) groups is 2. The Balaban J connectivity index is 2.97. The van der Waals surface area contributed by atoms with Crippen molar-refractivity contribution >= 4 is 21.9 Å². The summed E-state index contributed by atoms with van der Waals surface area (Å²) in [5.41, 5.74) is 0.0893. The summed E-state index contributed by atoms with van der Waals surface area (Å²) in [5.74, 6) is -2.14. The SMILES string of the molecule is COC(=O)[C@@H](C)[C@H](C)S(=O)(=O)NC(=O)c1ccccc1OC. The van der Waals surface area contributed by atoms with Crippen LogP contribution in [0.2, 0.25) is 0 Å². The quantitative estimate of drug-likeness (QED) is 0.780.